The van der Waals surface area contributed by atoms with E-state index >= 15 is 0 Å². The lowest BCUT2D eigenvalue weighted by Gasteiger charge is -2.23. The minimum Gasteiger partial charge on any atom is -0.506 e. The number of phenolic OH excluding ortho intramolecular Hbond substituents is 3. The van der Waals surface area contributed by atoms with Crippen LogP contribution in [0.3, 0.4) is 0 Å². The first-order valence-electron chi connectivity index (χ1n) is 29.2. The zero-order valence-electron chi connectivity index (χ0n) is 51.1. The summed E-state index contributed by atoms with van der Waals surface area (Å²) < 4.78 is 97.4. The lowest BCUT2D eigenvalue weighted by atomic mass is 9.92. The number of nitrogens with one attached hydrogen (secondary N) is 4. The molecule has 98 heavy (non-hydrogen) atoms. The van der Waals surface area contributed by atoms with Gasteiger partial charge in [-0.2, -0.15) is 30.4 Å². The molecule has 0 saturated carbocycles. The number of halogens is 1. The number of anilines is 1. The molecule has 0 radical (unpaired) electrons. The number of aryl methyl sites for hydroxylation is 2. The van der Waals surface area contributed by atoms with Crippen LogP contribution < -0.4 is 16.3 Å². The number of nitrogens with zero attached hydrogens (tertiary/aromatic N) is 6. The highest BCUT2D eigenvalue weighted by Crippen LogP contribution is 2.43. The summed E-state index contributed by atoms with van der Waals surface area (Å²) in [5, 5.41) is 66.2. The van der Waals surface area contributed by atoms with Crippen LogP contribution in [0, 0.1) is 13.8 Å². The molecule has 1 aromatic heterocycles. The van der Waals surface area contributed by atoms with Crippen LogP contribution >= 0.6 is 11.6 Å². The van der Waals surface area contributed by atoms with Crippen molar-refractivity contribution in [2.75, 3.05) is 5.32 Å². The SMILES string of the molecule is Cc1cc(S(=O)(=O)O)c(N=Nc2c(O)ccc3ccccc23)cc1Cl.Cc1ccc(N=Nc2c(O)c(C(=O)Nc3ccc4[nH]c(=O)[nH]c4c3)cc3ccccc23)c(S(=O)(=O)O)c1.O=C(NC1CC=Cc2ccccc21)c1cc2ccccc2c(N=Nc2ccc(S(=O)(=O)O)cc2)c1O. The summed E-state index contributed by atoms with van der Waals surface area (Å²) >= 11 is 6.02. The highest BCUT2D eigenvalue weighted by atomic mass is 35.5. The van der Waals surface area contributed by atoms with Crippen LogP contribution in [0.4, 0.5) is 39.8 Å². The molecule has 29 heteroatoms. The Bertz CT molecular complexity index is 5770. The minimum atomic E-state index is -4.59. The third-order valence-corrected chi connectivity index (χ3v) is 18.3. The first kappa shape index (κ1) is 67.8. The van der Waals surface area contributed by atoms with E-state index < -0.39 is 57.7 Å². The van der Waals surface area contributed by atoms with Crippen molar-refractivity contribution in [1.82, 2.24) is 15.3 Å². The molecule has 25 nitrogen and oxygen atoms in total. The Morgan fingerprint density at radius 3 is 1.71 bits per heavy atom. The third kappa shape index (κ3) is 15.2. The van der Waals surface area contributed by atoms with Gasteiger partial charge in [0.1, 0.15) is 44.0 Å². The van der Waals surface area contributed by atoms with Crippen molar-refractivity contribution < 1.29 is 63.8 Å². The number of H-pyrrole nitrogens is 2. The quantitative estimate of drug-likeness (QED) is 0.0379. The smallest absolute Gasteiger partial charge is 0.323 e. The van der Waals surface area contributed by atoms with E-state index in [1.165, 1.54) is 60.7 Å². The maximum Gasteiger partial charge on any atom is 0.323 e. The van der Waals surface area contributed by atoms with Crippen LogP contribution in [-0.4, -0.2) is 76.0 Å². The number of fused-ring (bicyclic) bond motifs is 5. The Morgan fingerprint density at radius 1 is 0.520 bits per heavy atom. The third-order valence-electron chi connectivity index (χ3n) is 15.3. The van der Waals surface area contributed by atoms with Crippen molar-refractivity contribution >= 4 is 143 Å². The van der Waals surface area contributed by atoms with E-state index in [0.29, 0.717) is 66.9 Å². The molecule has 13 rings (SSSR count). The topological polar surface area (TPSA) is 405 Å². The molecule has 2 amide bonds. The maximum absolute atomic E-state index is 13.3. The summed E-state index contributed by atoms with van der Waals surface area (Å²) in [5.41, 5.74) is 4.39. The van der Waals surface area contributed by atoms with Gasteiger partial charge in [-0.1, -0.05) is 133 Å². The molecule has 0 saturated heterocycles. The zero-order valence-corrected chi connectivity index (χ0v) is 54.3. The number of hydrogen-bond donors (Lipinski definition) is 10. The normalized spacial score (nSPS) is 13.2. The fourth-order valence-electron chi connectivity index (χ4n) is 10.5. The van der Waals surface area contributed by atoms with E-state index in [-0.39, 0.29) is 72.7 Å². The standard InChI is InChI=1S/C27H21N3O5S.C25H19N5O6S.C17H13ClN2O4S/c31-26-23(27(32)28-24-11-5-8-17-6-1-3-9-21(17)24)16-18-7-2-4-10-22(18)25(26)30-29-19-12-14-20(15-13-19)36(33,34)35;1-13-6-8-19(21(10-13)37(34,35)36)29-30-22-16-5-3-2-4-14(16)11-17(23(22)31)24(32)26-15-7-9-18-20(12-15)28-25(33)27-18;1-10-8-16(25(22,23)24)14(9-13(10)18)19-20-17-12-5-3-2-4-11(12)6-7-15(17)21/h1-10,12-16,24,31H,11H2,(H,28,32)(H,33,34,35);2-12,31H,1H3,(H,26,32)(H2,27,28,33)(H,34,35,36);2-9,21H,1H3,(H,22,23,24). The molecule has 1 unspecified atom stereocenters. The van der Waals surface area contributed by atoms with Gasteiger partial charge in [-0.25, -0.2) is 4.79 Å². The van der Waals surface area contributed by atoms with Crippen molar-refractivity contribution in [2.45, 2.75) is 41.0 Å². The monoisotopic (exact) mass is 1390 g/mol. The average molecular weight is 1390 g/mol. The first-order chi connectivity index (χ1) is 46.7. The number of carbonyl (C=O) groups is 2. The van der Waals surface area contributed by atoms with Crippen LogP contribution in [0.5, 0.6) is 17.2 Å². The molecule has 11 aromatic carbocycles. The predicted octanol–water partition coefficient (Wildman–Crippen LogP) is 16.2. The lowest BCUT2D eigenvalue weighted by Crippen LogP contribution is -2.29. The molecule has 12 aromatic rings. The van der Waals surface area contributed by atoms with Gasteiger partial charge in [0.05, 0.1) is 38.8 Å². The number of aromatic amines is 2. The number of rotatable bonds is 13. The van der Waals surface area contributed by atoms with Crippen molar-refractivity contribution in [3.05, 3.63) is 249 Å². The molecule has 0 fully saturated rings. The largest absolute Gasteiger partial charge is 0.506 e. The molecule has 10 N–H and O–H groups in total. The fourth-order valence-corrected chi connectivity index (χ4v) is 12.5. The van der Waals surface area contributed by atoms with E-state index in [4.69, 9.17) is 16.2 Å². The first-order valence-corrected chi connectivity index (χ1v) is 33.9. The Labute approximate surface area is 562 Å². The van der Waals surface area contributed by atoms with Gasteiger partial charge in [0.15, 0.2) is 11.5 Å². The van der Waals surface area contributed by atoms with Crippen LogP contribution in [0.1, 0.15) is 55.4 Å². The van der Waals surface area contributed by atoms with E-state index in [0.717, 1.165) is 16.5 Å². The predicted molar refractivity (Wildman–Crippen MR) is 370 cm³/mol. The van der Waals surface area contributed by atoms with Gasteiger partial charge >= 0.3 is 5.69 Å². The van der Waals surface area contributed by atoms with Crippen molar-refractivity contribution in [3.63, 3.8) is 0 Å². The van der Waals surface area contributed by atoms with Gasteiger partial charge in [0.2, 0.25) is 0 Å². The van der Waals surface area contributed by atoms with Gasteiger partial charge in [-0.3, -0.25) is 23.2 Å². The summed E-state index contributed by atoms with van der Waals surface area (Å²) in [5.74, 6) is -1.98. The van der Waals surface area contributed by atoms with Gasteiger partial charge in [0, 0.05) is 26.9 Å². The van der Waals surface area contributed by atoms with Gasteiger partial charge in [-0.05, 0) is 144 Å². The Kier molecular flexibility index (Phi) is 19.4. The average Bonchev–Trinajstić information content (AvgIpc) is 0.822. The second kappa shape index (κ2) is 28.0. The number of imidazole rings is 1. The Balaban J connectivity index is 0.000000152. The molecule has 1 aliphatic carbocycles. The minimum absolute atomic E-state index is 0.0597. The molecule has 1 heterocycles. The van der Waals surface area contributed by atoms with Crippen molar-refractivity contribution in [1.29, 1.82) is 0 Å². The molecule has 0 bridgehead atoms. The lowest BCUT2D eigenvalue weighted by molar-refractivity contribution is 0.0933. The molecule has 0 spiro atoms. The number of carbonyl (C=O) groups excluding carboxylic acids is 2. The molecular weight excluding hydrogens is 1340 g/mol. The van der Waals surface area contributed by atoms with Crippen molar-refractivity contribution in [3.8, 4) is 17.2 Å². The summed E-state index contributed by atoms with van der Waals surface area (Å²) in [6, 6.07) is 51.8. The Morgan fingerprint density at radius 2 is 1.07 bits per heavy atom. The van der Waals surface area contributed by atoms with Gasteiger partial charge in [0.25, 0.3) is 42.2 Å². The van der Waals surface area contributed by atoms with Crippen LogP contribution in [0.15, 0.2) is 250 Å². The van der Waals surface area contributed by atoms with E-state index in [1.807, 2.05) is 60.7 Å². The number of phenols is 3. The number of benzene rings is 11. The zero-order chi connectivity index (χ0) is 69.8. The van der Waals surface area contributed by atoms with Crippen LogP contribution in [0.25, 0.3) is 49.4 Å². The van der Waals surface area contributed by atoms with Gasteiger partial charge < -0.3 is 35.9 Å². The second-order valence-corrected chi connectivity index (χ2v) is 26.6. The van der Waals surface area contributed by atoms with E-state index in [2.05, 4.69) is 51.3 Å². The summed E-state index contributed by atoms with van der Waals surface area (Å²) in [7, 11) is -13.4. The molecular formula is C69H53ClN10O15S3. The molecule has 494 valence electrons. The van der Waals surface area contributed by atoms with Crippen molar-refractivity contribution in [2.24, 2.45) is 30.7 Å². The number of aromatic nitrogens is 2. The van der Waals surface area contributed by atoms with E-state index in [9.17, 15) is 64.1 Å². The molecule has 1 aliphatic rings. The van der Waals surface area contributed by atoms with Crippen LogP contribution in [0.2, 0.25) is 5.02 Å². The highest BCUT2D eigenvalue weighted by molar-refractivity contribution is 7.86. The highest BCUT2D eigenvalue weighted by Gasteiger charge is 2.26. The number of aromatic hydroxyl groups is 3. The fraction of sp³-hybridized carbons (Fsp3) is 0.0580. The van der Waals surface area contributed by atoms with E-state index in [1.54, 1.807) is 98.8 Å². The summed E-state index contributed by atoms with van der Waals surface area (Å²) in [6.07, 6.45) is 4.65. The maximum atomic E-state index is 13.3. The Hall–Kier alpha value is -11.6. The molecule has 0 aliphatic heterocycles. The number of hydrogen-bond acceptors (Lipinski definition) is 18. The van der Waals surface area contributed by atoms with Crippen LogP contribution in [-0.2, 0) is 30.4 Å². The number of amides is 2. The number of azo groups is 3. The second-order valence-electron chi connectivity index (χ2n) is 22.0. The van der Waals surface area contributed by atoms with Gasteiger partial charge in [-0.15, -0.1) is 25.6 Å². The summed E-state index contributed by atoms with van der Waals surface area (Å²) in [6.45, 7) is 3.26. The summed E-state index contributed by atoms with van der Waals surface area (Å²) in [4.78, 5) is 42.0. The molecule has 1 atom stereocenters.